The minimum atomic E-state index is -3.47. The topological polar surface area (TPSA) is 67.4 Å². The van der Waals surface area contributed by atoms with Crippen molar-refractivity contribution in [1.29, 1.82) is 0 Å². The summed E-state index contributed by atoms with van der Waals surface area (Å²) in [6, 6.07) is 4.73. The molecule has 0 aromatic heterocycles. The monoisotopic (exact) mass is 284 g/mol. The van der Waals surface area contributed by atoms with E-state index < -0.39 is 10.0 Å². The molecule has 0 bridgehead atoms. The first-order valence-corrected chi connectivity index (χ1v) is 7.77. The van der Waals surface area contributed by atoms with Gasteiger partial charge < -0.3 is 10.1 Å². The van der Waals surface area contributed by atoms with E-state index in [-0.39, 0.29) is 16.5 Å². The van der Waals surface area contributed by atoms with Gasteiger partial charge in [-0.3, -0.25) is 0 Å². The molecule has 0 spiro atoms. The minimum absolute atomic E-state index is 0.135. The van der Waals surface area contributed by atoms with Gasteiger partial charge in [0.2, 0.25) is 10.0 Å². The lowest BCUT2D eigenvalue weighted by Crippen LogP contribution is -2.40. The van der Waals surface area contributed by atoms with Gasteiger partial charge in [-0.25, -0.2) is 13.1 Å². The molecule has 6 heteroatoms. The van der Waals surface area contributed by atoms with Crippen LogP contribution in [-0.2, 0) is 10.0 Å². The second-order valence-corrected chi connectivity index (χ2v) is 7.36. The molecule has 0 aliphatic carbocycles. The lowest BCUT2D eigenvalue weighted by atomic mass is 10.1. The van der Waals surface area contributed by atoms with Crippen LogP contribution in [0, 0.1) is 0 Å². The van der Waals surface area contributed by atoms with Gasteiger partial charge in [0.25, 0.3) is 0 Å². The van der Waals surface area contributed by atoms with E-state index in [2.05, 4.69) is 10.0 Å². The molecule has 2 N–H and O–H groups in total. The Labute approximate surface area is 114 Å². The Morgan fingerprint density at radius 1 is 1.37 bits per heavy atom. The van der Waals surface area contributed by atoms with E-state index in [0.717, 1.165) is 0 Å². The molecule has 1 aromatic carbocycles. The summed E-state index contributed by atoms with van der Waals surface area (Å²) in [7, 11) is -3.47. The number of benzene rings is 1. The maximum Gasteiger partial charge on any atom is 0.240 e. The third-order valence-electron chi connectivity index (χ3n) is 2.74. The molecule has 0 radical (unpaired) electrons. The average Bonchev–Trinajstić information content (AvgIpc) is 2.25. The second-order valence-electron chi connectivity index (χ2n) is 5.65. The first-order chi connectivity index (χ1) is 8.70. The Hall–Kier alpha value is -1.27. The smallest absolute Gasteiger partial charge is 0.240 e. The highest BCUT2D eigenvalue weighted by atomic mass is 32.2. The van der Waals surface area contributed by atoms with Gasteiger partial charge in [0.1, 0.15) is 11.4 Å². The molecule has 106 valence electrons. The van der Waals surface area contributed by atoms with Crippen molar-refractivity contribution in [2.45, 2.75) is 44.2 Å². The third kappa shape index (κ3) is 3.19. The van der Waals surface area contributed by atoms with Crippen LogP contribution in [0.15, 0.2) is 23.1 Å². The van der Waals surface area contributed by atoms with E-state index >= 15 is 0 Å². The fourth-order valence-corrected chi connectivity index (χ4v) is 3.20. The number of hydrogen-bond acceptors (Lipinski definition) is 4. The average molecular weight is 284 g/mol. The van der Waals surface area contributed by atoms with Crippen LogP contribution in [0.5, 0.6) is 5.75 Å². The highest BCUT2D eigenvalue weighted by Gasteiger charge is 2.27. The fourth-order valence-electron chi connectivity index (χ4n) is 1.92. The molecule has 0 fully saturated rings. The number of hydrogen-bond donors (Lipinski definition) is 2. The SMILES string of the molecule is CC(C)NS(=O)(=O)c1ccc2c(c1)NCC(C)(C)O2. The molecule has 0 atom stereocenters. The quantitative estimate of drug-likeness (QED) is 0.890. The molecule has 0 saturated heterocycles. The van der Waals surface area contributed by atoms with Gasteiger partial charge in [0.05, 0.1) is 17.1 Å². The number of rotatable bonds is 3. The van der Waals surface area contributed by atoms with Crippen molar-refractivity contribution in [1.82, 2.24) is 4.72 Å². The Kier molecular flexibility index (Phi) is 3.49. The molecule has 0 amide bonds. The van der Waals surface area contributed by atoms with Gasteiger partial charge in [-0.15, -0.1) is 0 Å². The van der Waals surface area contributed by atoms with Crippen LogP contribution < -0.4 is 14.8 Å². The van der Waals surface area contributed by atoms with E-state index in [4.69, 9.17) is 4.74 Å². The van der Waals surface area contributed by atoms with Gasteiger partial charge in [0, 0.05) is 6.04 Å². The van der Waals surface area contributed by atoms with Crippen molar-refractivity contribution >= 4 is 15.7 Å². The Morgan fingerprint density at radius 2 is 2.05 bits per heavy atom. The zero-order valence-electron chi connectivity index (χ0n) is 11.6. The summed E-state index contributed by atoms with van der Waals surface area (Å²) in [6.45, 7) is 8.18. The molecule has 1 heterocycles. The molecule has 1 aliphatic heterocycles. The third-order valence-corrected chi connectivity index (χ3v) is 4.40. The first kappa shape index (κ1) is 14.1. The maximum absolute atomic E-state index is 12.1. The summed E-state index contributed by atoms with van der Waals surface area (Å²) in [6.07, 6.45) is 0. The number of nitrogens with one attached hydrogen (secondary N) is 2. The predicted molar refractivity (Wildman–Crippen MR) is 75.1 cm³/mol. The zero-order valence-corrected chi connectivity index (χ0v) is 12.5. The van der Waals surface area contributed by atoms with E-state index in [1.807, 2.05) is 13.8 Å². The zero-order chi connectivity index (χ0) is 14.3. The Balaban J connectivity index is 2.33. The van der Waals surface area contributed by atoms with Gasteiger partial charge in [-0.1, -0.05) is 0 Å². The Morgan fingerprint density at radius 3 is 2.68 bits per heavy atom. The van der Waals surface area contributed by atoms with Crippen LogP contribution in [0.25, 0.3) is 0 Å². The van der Waals surface area contributed by atoms with E-state index in [1.165, 1.54) is 0 Å². The van der Waals surface area contributed by atoms with Crippen LogP contribution >= 0.6 is 0 Å². The molecule has 1 aromatic rings. The molecular weight excluding hydrogens is 264 g/mol. The van der Waals surface area contributed by atoms with Gasteiger partial charge in [-0.2, -0.15) is 0 Å². The molecule has 0 saturated carbocycles. The highest BCUT2D eigenvalue weighted by molar-refractivity contribution is 7.89. The lowest BCUT2D eigenvalue weighted by Gasteiger charge is -2.33. The molecule has 19 heavy (non-hydrogen) atoms. The Bertz CT molecular complexity index is 580. The summed E-state index contributed by atoms with van der Waals surface area (Å²) >= 11 is 0. The molecule has 0 unspecified atom stereocenters. The van der Waals surface area contributed by atoms with Crippen molar-refractivity contribution in [3.63, 3.8) is 0 Å². The van der Waals surface area contributed by atoms with Crippen LogP contribution in [0.2, 0.25) is 0 Å². The van der Waals surface area contributed by atoms with Crippen molar-refractivity contribution in [3.8, 4) is 5.75 Å². The first-order valence-electron chi connectivity index (χ1n) is 6.29. The summed E-state index contributed by atoms with van der Waals surface area (Å²) < 4.78 is 32.5. The van der Waals surface area contributed by atoms with Crippen LogP contribution in [-0.4, -0.2) is 26.6 Å². The second kappa shape index (κ2) is 4.68. The molecule has 5 nitrogen and oxygen atoms in total. The number of sulfonamides is 1. The largest absolute Gasteiger partial charge is 0.484 e. The normalized spacial score (nSPS) is 17.5. The van der Waals surface area contributed by atoms with Crippen molar-refractivity contribution in [3.05, 3.63) is 18.2 Å². The summed E-state index contributed by atoms with van der Waals surface area (Å²) in [5, 5.41) is 3.20. The van der Waals surface area contributed by atoms with Crippen molar-refractivity contribution in [2.75, 3.05) is 11.9 Å². The molecule has 2 rings (SSSR count). The van der Waals surface area contributed by atoms with Crippen molar-refractivity contribution < 1.29 is 13.2 Å². The van der Waals surface area contributed by atoms with Gasteiger partial charge in [-0.05, 0) is 45.9 Å². The predicted octanol–water partition coefficient (Wildman–Crippen LogP) is 1.96. The van der Waals surface area contributed by atoms with E-state index in [9.17, 15) is 8.42 Å². The van der Waals surface area contributed by atoms with Crippen LogP contribution in [0.1, 0.15) is 27.7 Å². The van der Waals surface area contributed by atoms with Gasteiger partial charge in [0.15, 0.2) is 0 Å². The summed E-state index contributed by atoms with van der Waals surface area (Å²) in [5.41, 5.74) is 0.426. The summed E-state index contributed by atoms with van der Waals surface area (Å²) in [5.74, 6) is 0.680. The highest BCUT2D eigenvalue weighted by Crippen LogP contribution is 2.34. The number of fused-ring (bicyclic) bond motifs is 1. The van der Waals surface area contributed by atoms with Crippen molar-refractivity contribution in [2.24, 2.45) is 0 Å². The van der Waals surface area contributed by atoms with E-state index in [0.29, 0.717) is 18.0 Å². The van der Waals surface area contributed by atoms with Gasteiger partial charge >= 0.3 is 0 Å². The number of anilines is 1. The lowest BCUT2D eigenvalue weighted by molar-refractivity contribution is 0.116. The number of ether oxygens (including phenoxy) is 1. The molecule has 1 aliphatic rings. The van der Waals surface area contributed by atoms with E-state index in [1.54, 1.807) is 32.0 Å². The maximum atomic E-state index is 12.1. The standard InChI is InChI=1S/C13H20N2O3S/c1-9(2)15-19(16,17)10-5-6-12-11(7-10)14-8-13(3,4)18-12/h5-7,9,14-15H,8H2,1-4H3. The van der Waals surface area contributed by atoms with Crippen LogP contribution in [0.4, 0.5) is 5.69 Å². The minimum Gasteiger partial charge on any atom is -0.484 e. The fraction of sp³-hybridized carbons (Fsp3) is 0.538. The summed E-state index contributed by atoms with van der Waals surface area (Å²) in [4.78, 5) is 0.246. The van der Waals surface area contributed by atoms with Crippen LogP contribution in [0.3, 0.4) is 0 Å². The molecular formula is C13H20N2O3S.